The van der Waals surface area contributed by atoms with Crippen molar-refractivity contribution >= 4 is 15.9 Å². The molecule has 0 saturated carbocycles. The zero-order valence-corrected chi connectivity index (χ0v) is 7.78. The molecule has 0 fully saturated rings. The normalized spacial score (nSPS) is 10.0. The Kier molecular flexibility index (Phi) is 8.93. The molecule has 0 aromatic heterocycles. The van der Waals surface area contributed by atoms with Crippen molar-refractivity contribution in [2.45, 2.75) is 39.0 Å². The first kappa shape index (κ1) is 9.48. The molecule has 0 atom stereocenters. The van der Waals surface area contributed by atoms with Crippen LogP contribution in [0.1, 0.15) is 39.0 Å². The molecule has 0 unspecified atom stereocenters. The predicted molar refractivity (Wildman–Crippen MR) is 46.9 cm³/mol. The summed E-state index contributed by atoms with van der Waals surface area (Å²) in [6.07, 6.45) is 9.09. The van der Waals surface area contributed by atoms with Gasteiger partial charge in [0.1, 0.15) is 0 Å². The van der Waals surface area contributed by atoms with Gasteiger partial charge in [-0.25, -0.2) is 0 Å². The van der Waals surface area contributed by atoms with Gasteiger partial charge in [0, 0.05) is 5.33 Å². The maximum absolute atomic E-state index is 3.36. The smallest absolute Gasteiger partial charge is 0.00626 e. The molecule has 0 rings (SSSR count). The van der Waals surface area contributed by atoms with Gasteiger partial charge in [-0.2, -0.15) is 0 Å². The topological polar surface area (TPSA) is 0 Å². The van der Waals surface area contributed by atoms with Crippen LogP contribution >= 0.6 is 15.9 Å². The van der Waals surface area contributed by atoms with Gasteiger partial charge in [0.15, 0.2) is 0 Å². The summed E-state index contributed by atoms with van der Waals surface area (Å²) in [6, 6.07) is 0. The first-order valence-corrected chi connectivity index (χ1v) is 4.91. The van der Waals surface area contributed by atoms with E-state index in [0.29, 0.717) is 0 Å². The fourth-order valence-electron chi connectivity index (χ4n) is 0.793. The van der Waals surface area contributed by atoms with Gasteiger partial charge in [-0.15, -0.1) is 0 Å². The van der Waals surface area contributed by atoms with Crippen molar-refractivity contribution in [1.82, 2.24) is 0 Å². The summed E-state index contributed by atoms with van der Waals surface area (Å²) in [6.45, 7) is 2.24. The third-order valence-electron chi connectivity index (χ3n) is 1.37. The minimum atomic E-state index is 1.05. The lowest BCUT2D eigenvalue weighted by atomic mass is 10.1. The average molecular weight is 192 g/mol. The van der Waals surface area contributed by atoms with Crippen molar-refractivity contribution in [3.8, 4) is 0 Å². The molecule has 55 valence electrons. The number of rotatable bonds is 6. The number of hydrogen-bond acceptors (Lipinski definition) is 0. The van der Waals surface area contributed by atoms with Crippen molar-refractivity contribution in [1.29, 1.82) is 0 Å². The SMILES string of the molecule is CCCCCC[CH]CBr. The van der Waals surface area contributed by atoms with Crippen LogP contribution in [-0.2, 0) is 0 Å². The fourth-order valence-corrected chi connectivity index (χ4v) is 1.12. The van der Waals surface area contributed by atoms with E-state index in [4.69, 9.17) is 0 Å². The van der Waals surface area contributed by atoms with Gasteiger partial charge in [-0.1, -0.05) is 48.5 Å². The molecular weight excluding hydrogens is 176 g/mol. The van der Waals surface area contributed by atoms with Crippen LogP contribution in [0.4, 0.5) is 0 Å². The average Bonchev–Trinajstić information content (AvgIpc) is 1.89. The third kappa shape index (κ3) is 8.48. The monoisotopic (exact) mass is 191 g/mol. The molecule has 0 aliphatic carbocycles. The minimum absolute atomic E-state index is 1.05. The number of alkyl halides is 1. The Morgan fingerprint density at radius 2 is 2.00 bits per heavy atom. The Hall–Kier alpha value is 0.480. The molecule has 0 spiro atoms. The molecule has 0 nitrogen and oxygen atoms in total. The Morgan fingerprint density at radius 3 is 2.56 bits per heavy atom. The predicted octanol–water partition coefficient (Wildman–Crippen LogP) is 3.56. The van der Waals surface area contributed by atoms with Crippen molar-refractivity contribution in [3.05, 3.63) is 6.42 Å². The lowest BCUT2D eigenvalue weighted by Crippen LogP contribution is -1.79. The molecule has 0 aromatic rings. The van der Waals surface area contributed by atoms with Gasteiger partial charge in [0.05, 0.1) is 0 Å². The number of hydrogen-bond donors (Lipinski definition) is 0. The van der Waals surface area contributed by atoms with E-state index in [2.05, 4.69) is 29.3 Å². The second kappa shape index (κ2) is 8.48. The van der Waals surface area contributed by atoms with Crippen LogP contribution in [-0.4, -0.2) is 5.33 Å². The minimum Gasteiger partial charge on any atom is -0.0925 e. The van der Waals surface area contributed by atoms with E-state index in [9.17, 15) is 0 Å². The van der Waals surface area contributed by atoms with E-state index < -0.39 is 0 Å². The Labute approximate surface area is 67.2 Å². The lowest BCUT2D eigenvalue weighted by Gasteiger charge is -1.95. The van der Waals surface area contributed by atoms with Crippen LogP contribution in [0, 0.1) is 6.42 Å². The summed E-state index contributed by atoms with van der Waals surface area (Å²) in [7, 11) is 0. The standard InChI is InChI=1S/C8H16Br/c1-2-3-4-5-6-7-8-9/h7H,2-6,8H2,1H3. The second-order valence-electron chi connectivity index (χ2n) is 2.29. The first-order valence-electron chi connectivity index (χ1n) is 3.79. The van der Waals surface area contributed by atoms with Crippen molar-refractivity contribution < 1.29 is 0 Å². The van der Waals surface area contributed by atoms with Crippen LogP contribution in [0.25, 0.3) is 0 Å². The molecule has 9 heavy (non-hydrogen) atoms. The molecule has 0 saturated heterocycles. The van der Waals surface area contributed by atoms with Gasteiger partial charge in [0.2, 0.25) is 0 Å². The van der Waals surface area contributed by atoms with Gasteiger partial charge >= 0.3 is 0 Å². The maximum atomic E-state index is 3.36. The third-order valence-corrected chi connectivity index (χ3v) is 1.83. The molecule has 0 heterocycles. The van der Waals surface area contributed by atoms with E-state index in [0.717, 1.165) is 5.33 Å². The molecule has 0 N–H and O–H groups in total. The molecule has 0 amide bonds. The van der Waals surface area contributed by atoms with Crippen molar-refractivity contribution in [3.63, 3.8) is 0 Å². The van der Waals surface area contributed by atoms with E-state index >= 15 is 0 Å². The molecule has 0 aliphatic rings. The zero-order chi connectivity index (χ0) is 6.95. The largest absolute Gasteiger partial charge is 0.0925 e. The summed E-state index contributed by atoms with van der Waals surface area (Å²) < 4.78 is 0. The van der Waals surface area contributed by atoms with E-state index in [1.807, 2.05) is 0 Å². The number of halogens is 1. The molecular formula is C8H16Br. The summed E-state index contributed by atoms with van der Waals surface area (Å²) >= 11 is 3.36. The van der Waals surface area contributed by atoms with Crippen LogP contribution in [0.15, 0.2) is 0 Å². The van der Waals surface area contributed by atoms with Crippen LogP contribution < -0.4 is 0 Å². The Bertz CT molecular complexity index is 37.8. The summed E-state index contributed by atoms with van der Waals surface area (Å²) in [4.78, 5) is 0. The second-order valence-corrected chi connectivity index (χ2v) is 2.94. The molecule has 1 heteroatoms. The van der Waals surface area contributed by atoms with Crippen LogP contribution in [0.5, 0.6) is 0 Å². The van der Waals surface area contributed by atoms with Crippen molar-refractivity contribution in [2.75, 3.05) is 5.33 Å². The highest BCUT2D eigenvalue weighted by Gasteiger charge is 1.86. The van der Waals surface area contributed by atoms with Gasteiger partial charge in [-0.05, 0) is 12.8 Å². The lowest BCUT2D eigenvalue weighted by molar-refractivity contribution is 0.663. The highest BCUT2D eigenvalue weighted by molar-refractivity contribution is 9.09. The quantitative estimate of drug-likeness (QED) is 0.446. The summed E-state index contributed by atoms with van der Waals surface area (Å²) in [5, 5.41) is 1.05. The van der Waals surface area contributed by atoms with Crippen LogP contribution in [0.2, 0.25) is 0 Å². The van der Waals surface area contributed by atoms with Crippen LogP contribution in [0.3, 0.4) is 0 Å². The highest BCUT2D eigenvalue weighted by Crippen LogP contribution is 2.04. The van der Waals surface area contributed by atoms with E-state index in [1.54, 1.807) is 0 Å². The molecule has 0 aromatic carbocycles. The summed E-state index contributed by atoms with van der Waals surface area (Å²) in [5.74, 6) is 0. The first-order chi connectivity index (χ1) is 4.41. The van der Waals surface area contributed by atoms with E-state index in [1.165, 1.54) is 32.1 Å². The molecule has 0 aliphatic heterocycles. The van der Waals surface area contributed by atoms with Gasteiger partial charge in [0.25, 0.3) is 0 Å². The summed E-state index contributed by atoms with van der Waals surface area (Å²) in [5.41, 5.74) is 0. The van der Waals surface area contributed by atoms with Gasteiger partial charge in [-0.3, -0.25) is 0 Å². The molecule has 1 radical (unpaired) electrons. The zero-order valence-electron chi connectivity index (χ0n) is 6.20. The maximum Gasteiger partial charge on any atom is 0.00626 e. The fraction of sp³-hybridized carbons (Fsp3) is 0.875. The van der Waals surface area contributed by atoms with Crippen molar-refractivity contribution in [2.24, 2.45) is 0 Å². The Morgan fingerprint density at radius 1 is 1.22 bits per heavy atom. The Balaban J connectivity index is 2.60. The number of unbranched alkanes of at least 4 members (excludes halogenated alkanes) is 5. The van der Waals surface area contributed by atoms with Gasteiger partial charge < -0.3 is 0 Å². The molecule has 0 bridgehead atoms. The highest BCUT2D eigenvalue weighted by atomic mass is 79.9. The van der Waals surface area contributed by atoms with E-state index in [-0.39, 0.29) is 0 Å².